The number of rotatable bonds is 5. The Hall–Kier alpha value is -1.88. The summed E-state index contributed by atoms with van der Waals surface area (Å²) in [4.78, 5) is 8.44. The number of nitrogens with zero attached hydrogens (tertiary/aromatic N) is 2. The highest BCUT2D eigenvalue weighted by Gasteiger charge is 2.08. The van der Waals surface area contributed by atoms with Crippen LogP contribution in [0.25, 0.3) is 0 Å². The summed E-state index contributed by atoms with van der Waals surface area (Å²) >= 11 is 5.72. The molecule has 2 rings (SSSR count). The van der Waals surface area contributed by atoms with Crippen LogP contribution in [0.3, 0.4) is 0 Å². The third kappa shape index (κ3) is 3.57. The Morgan fingerprint density at radius 1 is 1.40 bits per heavy atom. The molecular formula is C14H15ClFN3O. The molecule has 0 saturated heterocycles. The fourth-order valence-electron chi connectivity index (χ4n) is 1.50. The summed E-state index contributed by atoms with van der Waals surface area (Å²) in [7, 11) is 0. The van der Waals surface area contributed by atoms with Gasteiger partial charge in [-0.05, 0) is 25.5 Å². The van der Waals surface area contributed by atoms with Crippen molar-refractivity contribution >= 4 is 17.5 Å². The van der Waals surface area contributed by atoms with Gasteiger partial charge in [0.15, 0.2) is 0 Å². The van der Waals surface area contributed by atoms with Crippen LogP contribution < -0.4 is 10.1 Å². The minimum absolute atomic E-state index is 0.0125. The highest BCUT2D eigenvalue weighted by molar-refractivity contribution is 6.30. The van der Waals surface area contributed by atoms with Crippen molar-refractivity contribution in [3.8, 4) is 11.6 Å². The molecule has 1 aromatic heterocycles. The largest absolute Gasteiger partial charge is 0.439 e. The first-order valence-electron chi connectivity index (χ1n) is 6.30. The Morgan fingerprint density at radius 2 is 2.20 bits per heavy atom. The van der Waals surface area contributed by atoms with Crippen molar-refractivity contribution in [1.29, 1.82) is 0 Å². The van der Waals surface area contributed by atoms with Crippen molar-refractivity contribution in [2.45, 2.75) is 20.3 Å². The molecule has 0 fully saturated rings. The number of halogens is 2. The van der Waals surface area contributed by atoms with E-state index < -0.39 is 5.82 Å². The third-order valence-electron chi connectivity index (χ3n) is 2.56. The van der Waals surface area contributed by atoms with E-state index in [9.17, 15) is 4.39 Å². The zero-order chi connectivity index (χ0) is 14.5. The molecule has 1 N–H and O–H groups in total. The lowest BCUT2D eigenvalue weighted by Crippen LogP contribution is -2.05. The molecule has 0 atom stereocenters. The van der Waals surface area contributed by atoms with Gasteiger partial charge in [-0.2, -0.15) is 4.98 Å². The number of hydrogen-bond donors (Lipinski definition) is 1. The predicted octanol–water partition coefficient (Wildman–Crippen LogP) is 4.19. The first-order chi connectivity index (χ1) is 9.60. The maximum Gasteiger partial charge on any atom is 0.226 e. The number of hydrogen-bond acceptors (Lipinski definition) is 4. The summed E-state index contributed by atoms with van der Waals surface area (Å²) in [5.41, 5.74) is 0.785. The molecule has 4 nitrogen and oxygen atoms in total. The van der Waals surface area contributed by atoms with Gasteiger partial charge in [0.05, 0.1) is 5.02 Å². The van der Waals surface area contributed by atoms with E-state index in [-0.39, 0.29) is 5.02 Å². The number of anilines is 1. The van der Waals surface area contributed by atoms with Crippen LogP contribution >= 0.6 is 11.6 Å². The lowest BCUT2D eigenvalue weighted by molar-refractivity contribution is 0.456. The monoisotopic (exact) mass is 295 g/mol. The minimum Gasteiger partial charge on any atom is -0.439 e. The molecule has 0 aliphatic rings. The Morgan fingerprint density at radius 3 is 2.90 bits per heavy atom. The zero-order valence-electron chi connectivity index (χ0n) is 11.3. The van der Waals surface area contributed by atoms with Gasteiger partial charge in [-0.15, -0.1) is 0 Å². The van der Waals surface area contributed by atoms with Gasteiger partial charge in [-0.3, -0.25) is 0 Å². The fraction of sp³-hybridized carbons (Fsp3) is 0.286. The summed E-state index contributed by atoms with van der Waals surface area (Å²) in [6.07, 6.45) is 2.65. The van der Waals surface area contributed by atoms with Crippen LogP contribution in [-0.2, 0) is 0 Å². The van der Waals surface area contributed by atoms with Crippen molar-refractivity contribution in [3.05, 3.63) is 40.8 Å². The van der Waals surface area contributed by atoms with Crippen LogP contribution in [0.2, 0.25) is 5.02 Å². The standard InChI is InChI=1S/C14H15ClFN3O/c1-3-6-17-14-18-8-9(2)13(19-14)20-10-4-5-12(16)11(15)7-10/h4-5,7-8H,3,6H2,1-2H3,(H,17,18,19). The Labute approximate surface area is 122 Å². The molecule has 106 valence electrons. The van der Waals surface area contributed by atoms with Gasteiger partial charge in [0.25, 0.3) is 0 Å². The lowest BCUT2D eigenvalue weighted by Gasteiger charge is -2.10. The molecule has 2 aromatic rings. The summed E-state index contributed by atoms with van der Waals surface area (Å²) in [6.45, 7) is 4.67. The van der Waals surface area contributed by atoms with E-state index in [1.807, 2.05) is 6.92 Å². The van der Waals surface area contributed by atoms with Gasteiger partial charge in [-0.1, -0.05) is 18.5 Å². The SMILES string of the molecule is CCCNc1ncc(C)c(Oc2ccc(F)c(Cl)c2)n1. The smallest absolute Gasteiger partial charge is 0.226 e. The topological polar surface area (TPSA) is 47.0 Å². The average molecular weight is 296 g/mol. The van der Waals surface area contributed by atoms with Crippen LogP contribution in [0.1, 0.15) is 18.9 Å². The van der Waals surface area contributed by atoms with Gasteiger partial charge >= 0.3 is 0 Å². The Balaban J connectivity index is 2.20. The average Bonchev–Trinajstić information content (AvgIpc) is 2.44. The van der Waals surface area contributed by atoms with E-state index >= 15 is 0 Å². The number of benzene rings is 1. The normalized spacial score (nSPS) is 10.4. The van der Waals surface area contributed by atoms with Gasteiger partial charge in [0.2, 0.25) is 11.8 Å². The number of aryl methyl sites for hydroxylation is 1. The van der Waals surface area contributed by atoms with Gasteiger partial charge in [-0.25, -0.2) is 9.37 Å². The molecule has 0 radical (unpaired) electrons. The van der Waals surface area contributed by atoms with Crippen molar-refractivity contribution in [2.75, 3.05) is 11.9 Å². The molecule has 1 aromatic carbocycles. The molecule has 0 aliphatic carbocycles. The molecule has 0 unspecified atom stereocenters. The third-order valence-corrected chi connectivity index (χ3v) is 2.85. The number of nitrogens with one attached hydrogen (secondary N) is 1. The molecule has 1 heterocycles. The second-order valence-electron chi connectivity index (χ2n) is 4.29. The van der Waals surface area contributed by atoms with Gasteiger partial charge < -0.3 is 10.1 Å². The summed E-state index contributed by atoms with van der Waals surface area (Å²) in [5, 5.41) is 3.09. The molecule has 6 heteroatoms. The maximum absolute atomic E-state index is 13.1. The van der Waals surface area contributed by atoms with Crippen molar-refractivity contribution in [1.82, 2.24) is 9.97 Å². The molecule has 0 aliphatic heterocycles. The molecule has 0 bridgehead atoms. The Bertz CT molecular complexity index is 607. The molecule has 20 heavy (non-hydrogen) atoms. The summed E-state index contributed by atoms with van der Waals surface area (Å²) in [5.74, 6) is 0.866. The fourth-order valence-corrected chi connectivity index (χ4v) is 1.67. The minimum atomic E-state index is -0.483. The van der Waals surface area contributed by atoms with Crippen molar-refractivity contribution in [2.24, 2.45) is 0 Å². The zero-order valence-corrected chi connectivity index (χ0v) is 12.0. The quantitative estimate of drug-likeness (QED) is 0.898. The van der Waals surface area contributed by atoms with Crippen molar-refractivity contribution < 1.29 is 9.13 Å². The Kier molecular flexibility index (Phi) is 4.74. The maximum atomic E-state index is 13.1. The predicted molar refractivity (Wildman–Crippen MR) is 77.0 cm³/mol. The van der Waals surface area contributed by atoms with E-state index in [2.05, 4.69) is 22.2 Å². The van der Waals surface area contributed by atoms with Crippen LogP contribution in [0.5, 0.6) is 11.6 Å². The molecule has 0 amide bonds. The van der Waals surface area contributed by atoms with Crippen LogP contribution in [0, 0.1) is 12.7 Å². The second kappa shape index (κ2) is 6.52. The first-order valence-corrected chi connectivity index (χ1v) is 6.68. The van der Waals surface area contributed by atoms with E-state index in [1.165, 1.54) is 18.2 Å². The lowest BCUT2D eigenvalue weighted by atomic mass is 10.3. The van der Waals surface area contributed by atoms with E-state index in [0.717, 1.165) is 18.5 Å². The van der Waals surface area contributed by atoms with E-state index in [0.29, 0.717) is 17.6 Å². The summed E-state index contributed by atoms with van der Waals surface area (Å²) < 4.78 is 18.7. The van der Waals surface area contributed by atoms with Crippen LogP contribution in [-0.4, -0.2) is 16.5 Å². The van der Waals surface area contributed by atoms with Crippen molar-refractivity contribution in [3.63, 3.8) is 0 Å². The van der Waals surface area contributed by atoms with Crippen LogP contribution in [0.15, 0.2) is 24.4 Å². The molecule has 0 saturated carbocycles. The molecule has 0 spiro atoms. The van der Waals surface area contributed by atoms with Gasteiger partial charge in [0.1, 0.15) is 11.6 Å². The van der Waals surface area contributed by atoms with E-state index in [1.54, 1.807) is 6.20 Å². The first kappa shape index (κ1) is 14.5. The van der Waals surface area contributed by atoms with E-state index in [4.69, 9.17) is 16.3 Å². The highest BCUT2D eigenvalue weighted by atomic mass is 35.5. The van der Waals surface area contributed by atoms with Gasteiger partial charge in [0, 0.05) is 24.4 Å². The second-order valence-corrected chi connectivity index (χ2v) is 4.69. The van der Waals surface area contributed by atoms with Crippen LogP contribution in [0.4, 0.5) is 10.3 Å². The summed E-state index contributed by atoms with van der Waals surface area (Å²) in [6, 6.07) is 4.17. The highest BCUT2D eigenvalue weighted by Crippen LogP contribution is 2.27. The number of aromatic nitrogens is 2. The molecular weight excluding hydrogens is 281 g/mol. The number of ether oxygens (including phenoxy) is 1.